The van der Waals surface area contributed by atoms with Gasteiger partial charge in [-0.3, -0.25) is 14.5 Å². The van der Waals surface area contributed by atoms with E-state index in [1.807, 2.05) is 4.90 Å². The molecule has 2 saturated heterocycles. The number of halogens is 2. The molecule has 2 unspecified atom stereocenters. The Hall–Kier alpha value is -0.820. The van der Waals surface area contributed by atoms with Gasteiger partial charge in [-0.2, -0.15) is 0 Å². The van der Waals surface area contributed by atoms with E-state index in [1.165, 1.54) is 17.8 Å². The highest BCUT2D eigenvalue weighted by atomic mass is 35.5. The van der Waals surface area contributed by atoms with E-state index in [0.29, 0.717) is 58.8 Å². The molecule has 1 aromatic rings. The summed E-state index contributed by atoms with van der Waals surface area (Å²) in [5.74, 6) is 1.26. The number of amides is 2. The second-order valence-electron chi connectivity index (χ2n) is 7.55. The molecule has 8 heteroatoms. The van der Waals surface area contributed by atoms with Crippen molar-refractivity contribution < 1.29 is 9.59 Å². The van der Waals surface area contributed by atoms with Crippen LogP contribution in [0.3, 0.4) is 0 Å². The van der Waals surface area contributed by atoms with Crippen molar-refractivity contribution in [3.8, 4) is 0 Å². The SMILES string of the molecule is CC1CC(C)CN(C(=O)CN2CCN(C(=O)c3cc(Cl)sc3Cl)CC2)C1. The first-order chi connectivity index (χ1) is 12.3. The van der Waals surface area contributed by atoms with Gasteiger partial charge >= 0.3 is 0 Å². The van der Waals surface area contributed by atoms with Gasteiger partial charge in [0.15, 0.2) is 0 Å². The van der Waals surface area contributed by atoms with Crippen LogP contribution in [0.1, 0.15) is 30.6 Å². The monoisotopic (exact) mass is 417 g/mol. The van der Waals surface area contributed by atoms with E-state index in [0.717, 1.165) is 13.1 Å². The lowest BCUT2D eigenvalue weighted by Gasteiger charge is -2.38. The van der Waals surface area contributed by atoms with E-state index < -0.39 is 0 Å². The van der Waals surface area contributed by atoms with Crippen LogP contribution in [0.4, 0.5) is 0 Å². The number of nitrogens with zero attached hydrogens (tertiary/aromatic N) is 3. The molecule has 144 valence electrons. The Kier molecular flexibility index (Phi) is 6.49. The zero-order valence-electron chi connectivity index (χ0n) is 15.2. The summed E-state index contributed by atoms with van der Waals surface area (Å²) in [7, 11) is 0. The fourth-order valence-electron chi connectivity index (χ4n) is 3.92. The Bertz CT molecular complexity index is 663. The van der Waals surface area contributed by atoms with Crippen LogP contribution in [-0.2, 0) is 4.79 Å². The summed E-state index contributed by atoms with van der Waals surface area (Å²) in [4.78, 5) is 31.1. The van der Waals surface area contributed by atoms with E-state index in [4.69, 9.17) is 23.2 Å². The quantitative estimate of drug-likeness (QED) is 0.757. The van der Waals surface area contributed by atoms with Crippen molar-refractivity contribution in [2.75, 3.05) is 45.8 Å². The minimum atomic E-state index is -0.0807. The number of hydrogen-bond acceptors (Lipinski definition) is 4. The van der Waals surface area contributed by atoms with Gasteiger partial charge in [-0.1, -0.05) is 37.0 Å². The van der Waals surface area contributed by atoms with Gasteiger partial charge in [-0.05, 0) is 24.3 Å². The number of piperidine rings is 1. The molecule has 1 aromatic heterocycles. The number of thiophene rings is 1. The van der Waals surface area contributed by atoms with Gasteiger partial charge in [0.05, 0.1) is 16.4 Å². The molecule has 0 radical (unpaired) electrons. The highest BCUT2D eigenvalue weighted by Gasteiger charge is 2.29. The molecule has 2 atom stereocenters. The normalized spacial score (nSPS) is 24.8. The summed E-state index contributed by atoms with van der Waals surface area (Å²) in [6, 6.07) is 1.63. The first-order valence-electron chi connectivity index (χ1n) is 9.07. The van der Waals surface area contributed by atoms with Gasteiger partial charge in [-0.25, -0.2) is 0 Å². The van der Waals surface area contributed by atoms with E-state index in [2.05, 4.69) is 18.7 Å². The molecule has 0 aliphatic carbocycles. The van der Waals surface area contributed by atoms with Crippen LogP contribution in [0.2, 0.25) is 8.67 Å². The molecule has 5 nitrogen and oxygen atoms in total. The van der Waals surface area contributed by atoms with Crippen molar-refractivity contribution in [1.29, 1.82) is 0 Å². The molecule has 2 amide bonds. The van der Waals surface area contributed by atoms with Crippen molar-refractivity contribution in [3.63, 3.8) is 0 Å². The molecule has 3 rings (SSSR count). The number of carbonyl (C=O) groups is 2. The molecule has 2 aliphatic rings. The van der Waals surface area contributed by atoms with Gasteiger partial charge in [-0.15, -0.1) is 11.3 Å². The molecular formula is C18H25Cl2N3O2S. The maximum absolute atomic E-state index is 12.6. The second kappa shape index (κ2) is 8.46. The lowest BCUT2D eigenvalue weighted by molar-refractivity contribution is -0.135. The lowest BCUT2D eigenvalue weighted by Crippen LogP contribution is -2.53. The molecule has 0 bridgehead atoms. The molecular weight excluding hydrogens is 393 g/mol. The Labute approximate surface area is 168 Å². The molecule has 0 saturated carbocycles. The molecule has 0 spiro atoms. The van der Waals surface area contributed by atoms with Gasteiger partial charge in [0, 0.05) is 39.3 Å². The predicted octanol–water partition coefficient (Wildman–Crippen LogP) is 3.32. The fourth-order valence-corrected chi connectivity index (χ4v) is 5.37. The van der Waals surface area contributed by atoms with Crippen molar-refractivity contribution in [2.45, 2.75) is 20.3 Å². The molecule has 26 heavy (non-hydrogen) atoms. The van der Waals surface area contributed by atoms with Crippen LogP contribution in [0.5, 0.6) is 0 Å². The van der Waals surface area contributed by atoms with E-state index in [1.54, 1.807) is 11.0 Å². The summed E-state index contributed by atoms with van der Waals surface area (Å²) in [6.45, 7) is 9.18. The van der Waals surface area contributed by atoms with Crippen LogP contribution in [-0.4, -0.2) is 72.3 Å². The van der Waals surface area contributed by atoms with Gasteiger partial charge in [0.1, 0.15) is 4.34 Å². The topological polar surface area (TPSA) is 43.9 Å². The maximum atomic E-state index is 12.6. The summed E-state index contributed by atoms with van der Waals surface area (Å²) < 4.78 is 0.957. The van der Waals surface area contributed by atoms with Crippen molar-refractivity contribution >= 4 is 46.4 Å². The van der Waals surface area contributed by atoms with Gasteiger partial charge < -0.3 is 9.80 Å². The average molecular weight is 418 g/mol. The predicted molar refractivity (Wildman–Crippen MR) is 106 cm³/mol. The van der Waals surface area contributed by atoms with Gasteiger partial charge in [0.2, 0.25) is 5.91 Å². The molecule has 2 fully saturated rings. The first-order valence-corrected chi connectivity index (χ1v) is 10.6. The molecule has 2 aliphatic heterocycles. The van der Waals surface area contributed by atoms with Gasteiger partial charge in [0.25, 0.3) is 5.91 Å². The van der Waals surface area contributed by atoms with Crippen molar-refractivity contribution in [1.82, 2.24) is 14.7 Å². The Balaban J connectivity index is 1.50. The number of rotatable bonds is 3. The van der Waals surface area contributed by atoms with E-state index in [9.17, 15) is 9.59 Å². The summed E-state index contributed by atoms with van der Waals surface area (Å²) in [5.41, 5.74) is 0.475. The van der Waals surface area contributed by atoms with Crippen LogP contribution in [0.25, 0.3) is 0 Å². The summed E-state index contributed by atoms with van der Waals surface area (Å²) in [5, 5.41) is 0. The summed E-state index contributed by atoms with van der Waals surface area (Å²) in [6.07, 6.45) is 1.19. The van der Waals surface area contributed by atoms with Crippen molar-refractivity contribution in [2.24, 2.45) is 11.8 Å². The molecule has 0 N–H and O–H groups in total. The fraction of sp³-hybridized carbons (Fsp3) is 0.667. The maximum Gasteiger partial charge on any atom is 0.256 e. The Morgan fingerprint density at radius 1 is 1.08 bits per heavy atom. The van der Waals surface area contributed by atoms with Crippen LogP contribution in [0, 0.1) is 11.8 Å². The number of likely N-dealkylation sites (tertiary alicyclic amines) is 1. The Morgan fingerprint density at radius 2 is 1.69 bits per heavy atom. The minimum Gasteiger partial charge on any atom is -0.341 e. The van der Waals surface area contributed by atoms with E-state index >= 15 is 0 Å². The zero-order chi connectivity index (χ0) is 18.8. The van der Waals surface area contributed by atoms with Crippen LogP contribution >= 0.6 is 34.5 Å². The largest absolute Gasteiger partial charge is 0.341 e. The van der Waals surface area contributed by atoms with Crippen LogP contribution < -0.4 is 0 Å². The number of hydrogen-bond donors (Lipinski definition) is 0. The lowest BCUT2D eigenvalue weighted by atomic mass is 9.92. The minimum absolute atomic E-state index is 0.0807. The smallest absolute Gasteiger partial charge is 0.256 e. The highest BCUT2D eigenvalue weighted by Crippen LogP contribution is 2.32. The zero-order valence-corrected chi connectivity index (χ0v) is 17.5. The Morgan fingerprint density at radius 3 is 2.23 bits per heavy atom. The number of piperazine rings is 1. The van der Waals surface area contributed by atoms with Crippen molar-refractivity contribution in [3.05, 3.63) is 20.3 Å². The average Bonchev–Trinajstić information content (AvgIpc) is 2.92. The number of carbonyl (C=O) groups excluding carboxylic acids is 2. The second-order valence-corrected chi connectivity index (χ2v) is 9.84. The standard InChI is InChI=1S/C18H25Cl2N3O2S/c1-12-7-13(2)10-23(9-12)16(24)11-21-3-5-22(6-4-21)18(25)14-8-15(19)26-17(14)20/h8,12-13H,3-7,9-11H2,1-2H3. The highest BCUT2D eigenvalue weighted by molar-refractivity contribution is 7.20. The molecule has 3 heterocycles. The van der Waals surface area contributed by atoms with E-state index in [-0.39, 0.29) is 11.8 Å². The third-order valence-corrected chi connectivity index (χ3v) is 6.61. The molecule has 0 aromatic carbocycles. The summed E-state index contributed by atoms with van der Waals surface area (Å²) >= 11 is 13.2. The third-order valence-electron chi connectivity index (χ3n) is 5.13. The third kappa shape index (κ3) is 4.71. The first kappa shape index (κ1) is 19.9. The van der Waals surface area contributed by atoms with Crippen LogP contribution in [0.15, 0.2) is 6.07 Å².